The van der Waals surface area contributed by atoms with E-state index in [0.717, 1.165) is 16.8 Å². The Balaban J connectivity index is 2.29. The van der Waals surface area contributed by atoms with Crippen molar-refractivity contribution in [3.8, 4) is 11.1 Å². The van der Waals surface area contributed by atoms with Gasteiger partial charge in [-0.1, -0.05) is 48.5 Å². The molecule has 0 bridgehead atoms. The maximum atomic E-state index is 12.3. The Bertz CT molecular complexity index is 718. The third-order valence-corrected chi connectivity index (χ3v) is 3.07. The van der Waals surface area contributed by atoms with E-state index in [1.165, 1.54) is 12.3 Å². The smallest absolute Gasteiger partial charge is 0.273 e. The summed E-state index contributed by atoms with van der Waals surface area (Å²) in [5.41, 5.74) is 3.02. The number of hydrogen-bond acceptors (Lipinski definition) is 3. The largest absolute Gasteiger partial charge is 0.320 e. The Morgan fingerprint density at radius 1 is 1.09 bits per heavy atom. The minimum Gasteiger partial charge on any atom is -0.320 e. The quantitative estimate of drug-likeness (QED) is 0.841. The molecule has 22 heavy (non-hydrogen) atoms. The Hall–Kier alpha value is -3.01. The molecule has 0 atom stereocenters. The molecule has 4 nitrogen and oxygen atoms in total. The van der Waals surface area contributed by atoms with Crippen LogP contribution < -0.4 is 5.32 Å². The summed E-state index contributed by atoms with van der Waals surface area (Å²) in [6.07, 6.45) is 2.96. The van der Waals surface area contributed by atoms with E-state index in [2.05, 4.69) is 22.0 Å². The van der Waals surface area contributed by atoms with Crippen molar-refractivity contribution in [1.29, 1.82) is 0 Å². The van der Waals surface area contributed by atoms with Gasteiger partial charge in [0.05, 0.1) is 0 Å². The Labute approximate surface area is 129 Å². The van der Waals surface area contributed by atoms with E-state index in [4.69, 9.17) is 0 Å². The molecule has 0 aliphatic carbocycles. The second kappa shape index (κ2) is 7.69. The van der Waals surface area contributed by atoms with Gasteiger partial charge in [0.15, 0.2) is 0 Å². The molecule has 110 valence electrons. The zero-order chi connectivity index (χ0) is 15.8. The van der Waals surface area contributed by atoms with Crippen LogP contribution in [0.1, 0.15) is 0 Å². The number of rotatable bonds is 5. The zero-order valence-electron chi connectivity index (χ0n) is 12.4. The summed E-state index contributed by atoms with van der Waals surface area (Å²) in [4.78, 5) is 19.8. The lowest BCUT2D eigenvalue weighted by Gasteiger charge is -2.11. The van der Waals surface area contributed by atoms with Gasteiger partial charge in [-0.15, -0.1) is 0 Å². The van der Waals surface area contributed by atoms with Crippen LogP contribution in [-0.4, -0.2) is 25.4 Å². The standard InChI is InChI=1S/C18H17N3O/c1-19-13-12-17(20-2)18(22)21-16-11-7-6-10-15(16)14-8-4-3-5-9-14/h3-13H,1H2,2H3,(H,21,22)/b13-12-,20-17?. The molecule has 0 aromatic heterocycles. The molecule has 0 heterocycles. The highest BCUT2D eigenvalue weighted by Crippen LogP contribution is 2.27. The Kier molecular flexibility index (Phi) is 5.37. The fourth-order valence-electron chi connectivity index (χ4n) is 2.02. The van der Waals surface area contributed by atoms with Crippen LogP contribution in [0.2, 0.25) is 0 Å². The van der Waals surface area contributed by atoms with Crippen molar-refractivity contribution in [1.82, 2.24) is 0 Å². The summed E-state index contributed by atoms with van der Waals surface area (Å²) in [5, 5.41) is 2.89. The predicted molar refractivity (Wildman–Crippen MR) is 92.6 cm³/mol. The Morgan fingerprint density at radius 3 is 2.45 bits per heavy atom. The van der Waals surface area contributed by atoms with Crippen molar-refractivity contribution in [3.05, 3.63) is 66.9 Å². The number of carbonyl (C=O) groups is 1. The maximum Gasteiger partial charge on any atom is 0.273 e. The molecule has 0 aliphatic heterocycles. The number of para-hydroxylation sites is 1. The van der Waals surface area contributed by atoms with E-state index >= 15 is 0 Å². The van der Waals surface area contributed by atoms with Gasteiger partial charge in [0.1, 0.15) is 5.71 Å². The molecule has 0 aliphatic rings. The fraction of sp³-hybridized carbons (Fsp3) is 0.0556. The van der Waals surface area contributed by atoms with Crippen molar-refractivity contribution in [2.45, 2.75) is 0 Å². The molecule has 1 N–H and O–H groups in total. The first-order valence-corrected chi connectivity index (χ1v) is 6.81. The summed E-state index contributed by atoms with van der Waals surface area (Å²) in [7, 11) is 1.56. The lowest BCUT2D eigenvalue weighted by Crippen LogP contribution is -2.21. The van der Waals surface area contributed by atoms with Gasteiger partial charge < -0.3 is 5.32 Å². The maximum absolute atomic E-state index is 12.3. The van der Waals surface area contributed by atoms with E-state index in [-0.39, 0.29) is 11.6 Å². The van der Waals surface area contributed by atoms with Crippen LogP contribution in [0, 0.1) is 0 Å². The van der Waals surface area contributed by atoms with Crippen LogP contribution in [0.25, 0.3) is 11.1 Å². The monoisotopic (exact) mass is 291 g/mol. The lowest BCUT2D eigenvalue weighted by atomic mass is 10.0. The van der Waals surface area contributed by atoms with Crippen LogP contribution in [0.5, 0.6) is 0 Å². The van der Waals surface area contributed by atoms with Gasteiger partial charge in [-0.05, 0) is 24.4 Å². The molecular formula is C18H17N3O. The predicted octanol–water partition coefficient (Wildman–Crippen LogP) is 3.58. The number of nitrogens with one attached hydrogen (secondary N) is 1. The van der Waals surface area contributed by atoms with Gasteiger partial charge in [0.2, 0.25) is 0 Å². The van der Waals surface area contributed by atoms with E-state index in [1.807, 2.05) is 54.6 Å². The third-order valence-electron chi connectivity index (χ3n) is 3.07. The lowest BCUT2D eigenvalue weighted by molar-refractivity contribution is -0.110. The van der Waals surface area contributed by atoms with Crippen LogP contribution >= 0.6 is 0 Å². The first kappa shape index (κ1) is 15.4. The molecule has 0 saturated heterocycles. The Morgan fingerprint density at radius 2 is 1.77 bits per heavy atom. The molecule has 0 fully saturated rings. The normalized spacial score (nSPS) is 11.4. The van der Waals surface area contributed by atoms with Gasteiger partial charge in [-0.3, -0.25) is 14.8 Å². The summed E-state index contributed by atoms with van der Waals surface area (Å²) in [5.74, 6) is -0.286. The van der Waals surface area contributed by atoms with Crippen molar-refractivity contribution in [2.24, 2.45) is 9.98 Å². The summed E-state index contributed by atoms with van der Waals surface area (Å²) < 4.78 is 0. The van der Waals surface area contributed by atoms with Crippen LogP contribution in [-0.2, 0) is 4.79 Å². The average Bonchev–Trinajstić information content (AvgIpc) is 2.57. The van der Waals surface area contributed by atoms with E-state index in [0.29, 0.717) is 0 Å². The minimum atomic E-state index is -0.286. The number of aliphatic imine (C=N–C) groups is 2. The van der Waals surface area contributed by atoms with Crippen molar-refractivity contribution >= 4 is 24.0 Å². The van der Waals surface area contributed by atoms with E-state index in [9.17, 15) is 4.79 Å². The average molecular weight is 291 g/mol. The molecule has 2 aromatic carbocycles. The van der Waals surface area contributed by atoms with Crippen molar-refractivity contribution in [2.75, 3.05) is 12.4 Å². The van der Waals surface area contributed by atoms with Gasteiger partial charge >= 0.3 is 0 Å². The number of nitrogens with zero attached hydrogens (tertiary/aromatic N) is 2. The van der Waals surface area contributed by atoms with Crippen molar-refractivity contribution in [3.63, 3.8) is 0 Å². The summed E-state index contributed by atoms with van der Waals surface area (Å²) in [6, 6.07) is 17.5. The molecule has 4 heteroatoms. The molecule has 1 amide bonds. The van der Waals surface area contributed by atoms with E-state index < -0.39 is 0 Å². The van der Waals surface area contributed by atoms with Crippen LogP contribution in [0.15, 0.2) is 76.9 Å². The van der Waals surface area contributed by atoms with Gasteiger partial charge in [-0.25, -0.2) is 0 Å². The number of anilines is 1. The summed E-state index contributed by atoms with van der Waals surface area (Å²) >= 11 is 0. The van der Waals surface area contributed by atoms with Gasteiger partial charge in [0, 0.05) is 24.5 Å². The highest BCUT2D eigenvalue weighted by atomic mass is 16.1. The van der Waals surface area contributed by atoms with Gasteiger partial charge in [-0.2, -0.15) is 0 Å². The zero-order valence-corrected chi connectivity index (χ0v) is 12.4. The van der Waals surface area contributed by atoms with Crippen molar-refractivity contribution < 1.29 is 4.79 Å². The number of benzene rings is 2. The van der Waals surface area contributed by atoms with Crippen LogP contribution in [0.4, 0.5) is 5.69 Å². The molecular weight excluding hydrogens is 274 g/mol. The number of amides is 1. The summed E-state index contributed by atoms with van der Waals surface area (Å²) in [6.45, 7) is 3.34. The molecule has 2 rings (SSSR count). The minimum absolute atomic E-state index is 0.286. The second-order valence-corrected chi connectivity index (χ2v) is 4.47. The fourth-order valence-corrected chi connectivity index (χ4v) is 2.02. The number of hydrogen-bond donors (Lipinski definition) is 1. The highest BCUT2D eigenvalue weighted by molar-refractivity contribution is 6.47. The first-order chi connectivity index (χ1) is 10.8. The molecule has 2 aromatic rings. The molecule has 0 radical (unpaired) electrons. The topological polar surface area (TPSA) is 53.8 Å². The number of carbonyl (C=O) groups excluding carboxylic acids is 1. The molecule has 0 unspecified atom stereocenters. The SMILES string of the molecule is C=N/C=C\C(=NC)C(=O)Nc1ccccc1-c1ccccc1. The van der Waals surface area contributed by atoms with Crippen LogP contribution in [0.3, 0.4) is 0 Å². The highest BCUT2D eigenvalue weighted by Gasteiger charge is 2.11. The van der Waals surface area contributed by atoms with Gasteiger partial charge in [0.25, 0.3) is 5.91 Å². The van der Waals surface area contributed by atoms with E-state index in [1.54, 1.807) is 7.05 Å². The third kappa shape index (κ3) is 3.76. The molecule has 0 saturated carbocycles. The molecule has 0 spiro atoms. The first-order valence-electron chi connectivity index (χ1n) is 6.81. The second-order valence-electron chi connectivity index (χ2n) is 4.47.